The second-order valence-electron chi connectivity index (χ2n) is 0.706. The van der Waals surface area contributed by atoms with Crippen LogP contribution in [0.5, 0.6) is 0 Å². The molecule has 0 atom stereocenters. The van der Waals surface area contributed by atoms with E-state index in [2.05, 4.69) is 8.53 Å². The quantitative estimate of drug-likeness (QED) is 0.447. The van der Waals surface area contributed by atoms with Crippen LogP contribution in [0.2, 0.25) is 0 Å². The van der Waals surface area contributed by atoms with Gasteiger partial charge in [-0.25, -0.2) is 0 Å². The van der Waals surface area contributed by atoms with Crippen molar-refractivity contribution in [2.75, 3.05) is 0 Å². The van der Waals surface area contributed by atoms with Crippen molar-refractivity contribution in [3.05, 3.63) is 0 Å². The highest BCUT2D eigenvalue weighted by atomic mass is 32.2. The van der Waals surface area contributed by atoms with Crippen molar-refractivity contribution < 1.29 is 0 Å². The molecule has 0 unspecified atom stereocenters. The minimum absolute atomic E-state index is 0.597. The van der Waals surface area contributed by atoms with Crippen molar-refractivity contribution in [1.29, 1.82) is 0 Å². The van der Waals surface area contributed by atoms with E-state index in [1.54, 1.807) is 0 Å². The van der Waals surface area contributed by atoms with Crippen LogP contribution in [0.4, 0.5) is 0 Å². The molecule has 0 radical (unpaired) electrons. The first-order chi connectivity index (χ1) is 2.89. The number of nitrogens with zero attached hydrogens (tertiary/aromatic N) is 1. The summed E-state index contributed by atoms with van der Waals surface area (Å²) in [5, 5.41) is 0.597. The maximum Gasteiger partial charge on any atom is 0.183 e. The molecule has 34 valence electrons. The molecular weight excluding hydrogens is 118 g/mol. The van der Waals surface area contributed by atoms with Crippen LogP contribution < -0.4 is 9.86 Å². The number of amidine groups is 1. The Bertz CT molecular complexity index is 78.9. The predicted octanol–water partition coefficient (Wildman–Crippen LogP) is 0.116. The molecule has 3 nitrogen and oxygen atoms in total. The summed E-state index contributed by atoms with van der Waals surface area (Å²) in [7, 11) is 0. The summed E-state index contributed by atoms with van der Waals surface area (Å²) < 4.78 is 6.48. The lowest BCUT2D eigenvalue weighted by molar-refractivity contribution is 1.75. The third-order valence-electron chi connectivity index (χ3n) is 0.319. The van der Waals surface area contributed by atoms with Crippen LogP contribution in [-0.4, -0.2) is 5.17 Å². The van der Waals surface area contributed by atoms with Crippen molar-refractivity contribution in [3.63, 3.8) is 0 Å². The van der Waals surface area contributed by atoms with Crippen molar-refractivity contribution in [2.24, 2.45) is 10.1 Å². The highest BCUT2D eigenvalue weighted by Crippen LogP contribution is 2.13. The molecule has 5 heteroatoms. The van der Waals surface area contributed by atoms with Gasteiger partial charge < -0.3 is 5.73 Å². The predicted molar refractivity (Wildman–Crippen MR) is 29.9 cm³/mol. The summed E-state index contributed by atoms with van der Waals surface area (Å²) in [6.07, 6.45) is 0. The van der Waals surface area contributed by atoms with Crippen LogP contribution in [0.3, 0.4) is 0 Å². The van der Waals surface area contributed by atoms with E-state index in [9.17, 15) is 0 Å². The zero-order valence-corrected chi connectivity index (χ0v) is 4.47. The van der Waals surface area contributed by atoms with E-state index in [1.807, 2.05) is 0 Å². The molecule has 0 amide bonds. The zero-order chi connectivity index (χ0) is 4.41. The van der Waals surface area contributed by atoms with E-state index < -0.39 is 0 Å². The van der Waals surface area contributed by atoms with Crippen LogP contribution >= 0.6 is 24.1 Å². The lowest BCUT2D eigenvalue weighted by Crippen LogP contribution is -2.02. The molecular formula is CH3N3S2. The monoisotopic (exact) mass is 121 g/mol. The van der Waals surface area contributed by atoms with Gasteiger partial charge in [0, 0.05) is 11.9 Å². The summed E-state index contributed by atoms with van der Waals surface area (Å²) in [6, 6.07) is 0. The molecule has 1 rings (SSSR count). The Kier molecular flexibility index (Phi) is 1.23. The molecule has 0 aliphatic carbocycles. The Morgan fingerprint density at radius 2 is 2.67 bits per heavy atom. The van der Waals surface area contributed by atoms with Crippen molar-refractivity contribution >= 4 is 29.2 Å². The molecule has 0 aromatic rings. The molecule has 1 heterocycles. The molecule has 0 aromatic carbocycles. The highest BCUT2D eigenvalue weighted by molar-refractivity contribution is 8.24. The average Bonchev–Trinajstić information content (AvgIpc) is 1.86. The fourth-order valence-corrected chi connectivity index (χ4v) is 1.13. The van der Waals surface area contributed by atoms with Crippen LogP contribution in [0.25, 0.3) is 0 Å². The largest absolute Gasteiger partial charge is 0.377 e. The van der Waals surface area contributed by atoms with Crippen LogP contribution in [0.1, 0.15) is 0 Å². The topological polar surface area (TPSA) is 50.4 Å². The molecule has 0 aromatic heterocycles. The maximum atomic E-state index is 5.16. The molecule has 0 saturated heterocycles. The Labute approximate surface area is 44.2 Å². The highest BCUT2D eigenvalue weighted by Gasteiger charge is 1.98. The number of nitrogens with two attached hydrogens (primary N) is 1. The second-order valence-corrected chi connectivity index (χ2v) is 2.36. The number of hydrogen-bond acceptors (Lipinski definition) is 5. The van der Waals surface area contributed by atoms with E-state index in [4.69, 9.17) is 5.73 Å². The molecule has 1 aliphatic heterocycles. The van der Waals surface area contributed by atoms with Gasteiger partial charge in [-0.3, -0.25) is 0 Å². The molecule has 0 saturated carbocycles. The summed E-state index contributed by atoms with van der Waals surface area (Å²) in [5.41, 5.74) is 5.16. The van der Waals surface area contributed by atoms with Gasteiger partial charge in [0.2, 0.25) is 0 Å². The molecule has 0 bridgehead atoms. The van der Waals surface area contributed by atoms with E-state index in [-0.39, 0.29) is 0 Å². The first-order valence-corrected chi connectivity index (χ1v) is 2.90. The SMILES string of the molecule is NC1=NSNS1. The number of rotatable bonds is 0. The van der Waals surface area contributed by atoms with Gasteiger partial charge in [-0.15, -0.1) is 0 Å². The summed E-state index contributed by atoms with van der Waals surface area (Å²) in [4.78, 5) is 0. The summed E-state index contributed by atoms with van der Waals surface area (Å²) in [6.45, 7) is 0. The van der Waals surface area contributed by atoms with Crippen LogP contribution in [0.15, 0.2) is 4.40 Å². The Morgan fingerprint density at radius 1 is 1.83 bits per heavy atom. The Balaban J connectivity index is 2.45. The molecule has 3 N–H and O–H groups in total. The normalized spacial score (nSPS) is 21.0. The minimum Gasteiger partial charge on any atom is -0.377 e. The Morgan fingerprint density at radius 3 is 2.83 bits per heavy atom. The van der Waals surface area contributed by atoms with E-state index in [0.717, 1.165) is 0 Å². The second kappa shape index (κ2) is 1.72. The van der Waals surface area contributed by atoms with Gasteiger partial charge in [0.15, 0.2) is 5.17 Å². The van der Waals surface area contributed by atoms with Gasteiger partial charge in [0.1, 0.15) is 0 Å². The van der Waals surface area contributed by atoms with Crippen LogP contribution in [-0.2, 0) is 0 Å². The fourth-order valence-electron chi connectivity index (χ4n) is 0.144. The third-order valence-corrected chi connectivity index (χ3v) is 1.65. The van der Waals surface area contributed by atoms with Crippen LogP contribution in [0, 0.1) is 0 Å². The van der Waals surface area contributed by atoms with Gasteiger partial charge in [-0.2, -0.15) is 8.53 Å². The van der Waals surface area contributed by atoms with E-state index >= 15 is 0 Å². The van der Waals surface area contributed by atoms with Gasteiger partial charge >= 0.3 is 0 Å². The van der Waals surface area contributed by atoms with E-state index in [0.29, 0.717) is 5.17 Å². The smallest absolute Gasteiger partial charge is 0.183 e. The fraction of sp³-hybridized carbons (Fsp3) is 0. The summed E-state index contributed by atoms with van der Waals surface area (Å²) in [5.74, 6) is 0. The zero-order valence-electron chi connectivity index (χ0n) is 2.84. The number of hydrogen-bond donors (Lipinski definition) is 2. The average molecular weight is 121 g/mol. The lowest BCUT2D eigenvalue weighted by Gasteiger charge is -1.77. The lowest BCUT2D eigenvalue weighted by atomic mass is 11.4. The third kappa shape index (κ3) is 0.796. The van der Waals surface area contributed by atoms with Crippen molar-refractivity contribution in [2.45, 2.75) is 0 Å². The molecule has 1 aliphatic rings. The minimum atomic E-state index is 0.597. The maximum absolute atomic E-state index is 5.16. The summed E-state index contributed by atoms with van der Waals surface area (Å²) >= 11 is 2.60. The Hall–Kier alpha value is 0.130. The first kappa shape index (κ1) is 4.29. The van der Waals surface area contributed by atoms with Gasteiger partial charge in [-0.05, 0) is 0 Å². The molecule has 0 spiro atoms. The van der Waals surface area contributed by atoms with Gasteiger partial charge in [0.25, 0.3) is 0 Å². The van der Waals surface area contributed by atoms with Gasteiger partial charge in [0.05, 0.1) is 12.1 Å². The first-order valence-electron chi connectivity index (χ1n) is 1.31. The molecule has 0 fully saturated rings. The standard InChI is InChI=1S/CH3N3S2/c2-1-3-6-4-5-1/h4H,(H2,2,3). The van der Waals surface area contributed by atoms with Crippen molar-refractivity contribution in [3.8, 4) is 0 Å². The number of nitrogens with one attached hydrogen (secondary N) is 1. The van der Waals surface area contributed by atoms with Crippen molar-refractivity contribution in [1.82, 2.24) is 4.13 Å². The van der Waals surface area contributed by atoms with E-state index in [1.165, 1.54) is 24.1 Å². The van der Waals surface area contributed by atoms with Gasteiger partial charge in [-0.1, -0.05) is 0 Å². The molecule has 6 heavy (non-hydrogen) atoms.